The number of hydrogen-bond acceptors (Lipinski definition) is 5. The van der Waals surface area contributed by atoms with Crippen LogP contribution in [0.4, 0.5) is 0 Å². The number of fused-ring (bicyclic) bond motifs is 1. The van der Waals surface area contributed by atoms with Gasteiger partial charge in [-0.3, -0.25) is 5.73 Å². The first-order chi connectivity index (χ1) is 8.58. The summed E-state index contributed by atoms with van der Waals surface area (Å²) in [5, 5.41) is 3.01. The Morgan fingerprint density at radius 1 is 1.39 bits per heavy atom. The molecule has 5 N–H and O–H groups in total. The lowest BCUT2D eigenvalue weighted by Gasteiger charge is -2.28. The molecule has 1 aliphatic rings. The van der Waals surface area contributed by atoms with Gasteiger partial charge in [-0.25, -0.2) is 9.98 Å². The van der Waals surface area contributed by atoms with Crippen molar-refractivity contribution in [3.63, 3.8) is 0 Å². The van der Waals surface area contributed by atoms with Gasteiger partial charge in [0, 0.05) is 18.8 Å². The van der Waals surface area contributed by atoms with E-state index in [4.69, 9.17) is 11.5 Å². The van der Waals surface area contributed by atoms with Gasteiger partial charge in [0.2, 0.25) is 5.79 Å². The van der Waals surface area contributed by atoms with Gasteiger partial charge in [0.1, 0.15) is 5.84 Å². The van der Waals surface area contributed by atoms with Gasteiger partial charge in [0.05, 0.1) is 17.4 Å². The summed E-state index contributed by atoms with van der Waals surface area (Å²) in [6.45, 7) is 0. The van der Waals surface area contributed by atoms with E-state index in [1.165, 1.54) is 0 Å². The first kappa shape index (κ1) is 10.8. The molecule has 1 aromatic carbocycles. The Balaban J connectivity index is 2.12. The van der Waals surface area contributed by atoms with Crippen molar-refractivity contribution in [1.29, 1.82) is 0 Å². The largest absolute Gasteiger partial charge is 0.384 e. The molecule has 92 valence electrons. The Bertz CT molecular complexity index is 668. The quantitative estimate of drug-likeness (QED) is 0.662. The second kappa shape index (κ2) is 3.58. The van der Waals surface area contributed by atoms with Crippen molar-refractivity contribution in [3.8, 4) is 0 Å². The molecule has 0 radical (unpaired) electrons. The topological polar surface area (TPSA) is 94.2 Å². The maximum atomic E-state index is 6.20. The van der Waals surface area contributed by atoms with Crippen LogP contribution in [-0.4, -0.2) is 15.4 Å². The smallest absolute Gasteiger partial charge is 0.211 e. The van der Waals surface area contributed by atoms with E-state index in [9.17, 15) is 0 Å². The molecular weight excluding hydrogens is 228 g/mol. The average Bonchev–Trinajstić information content (AvgIpc) is 2.70. The molecule has 0 aliphatic carbocycles. The zero-order valence-corrected chi connectivity index (χ0v) is 9.96. The molecule has 3 rings (SSSR count). The third-order valence-electron chi connectivity index (χ3n) is 3.03. The molecule has 0 bridgehead atoms. The molecule has 1 atom stereocenters. The highest BCUT2D eigenvalue weighted by molar-refractivity contribution is 5.92. The van der Waals surface area contributed by atoms with Crippen molar-refractivity contribution in [2.24, 2.45) is 23.5 Å². The van der Waals surface area contributed by atoms with Crippen molar-refractivity contribution in [1.82, 2.24) is 14.9 Å². The van der Waals surface area contributed by atoms with Crippen LogP contribution in [0.2, 0.25) is 0 Å². The Morgan fingerprint density at radius 2 is 2.22 bits per heavy atom. The Labute approximate surface area is 104 Å². The van der Waals surface area contributed by atoms with Crippen LogP contribution in [0.1, 0.15) is 5.56 Å². The number of aryl methyl sites for hydroxylation is 1. The number of benzene rings is 1. The highest BCUT2D eigenvalue weighted by atomic mass is 15.3. The summed E-state index contributed by atoms with van der Waals surface area (Å²) in [5.41, 5.74) is 14.6. The number of nitrogens with zero attached hydrogens (tertiary/aromatic N) is 3. The monoisotopic (exact) mass is 242 g/mol. The fourth-order valence-electron chi connectivity index (χ4n) is 2.05. The minimum absolute atomic E-state index is 0.400. The van der Waals surface area contributed by atoms with Gasteiger partial charge >= 0.3 is 0 Å². The predicted octanol–water partition coefficient (Wildman–Crippen LogP) is 0.116. The first-order valence-electron chi connectivity index (χ1n) is 5.58. The molecule has 18 heavy (non-hydrogen) atoms. The predicted molar refractivity (Wildman–Crippen MR) is 70.5 cm³/mol. The van der Waals surface area contributed by atoms with Crippen molar-refractivity contribution >= 4 is 16.9 Å². The van der Waals surface area contributed by atoms with Crippen molar-refractivity contribution < 1.29 is 0 Å². The van der Waals surface area contributed by atoms with Crippen LogP contribution in [0.15, 0.2) is 41.8 Å². The SMILES string of the molecule is Cn1cnc2cc(C3(N)N=C(N)C=CN3)ccc21. The molecule has 1 aliphatic heterocycles. The van der Waals surface area contributed by atoms with Gasteiger partial charge < -0.3 is 15.6 Å². The zero-order chi connectivity index (χ0) is 12.8. The first-order valence-corrected chi connectivity index (χ1v) is 5.58. The third kappa shape index (κ3) is 1.54. The highest BCUT2D eigenvalue weighted by Gasteiger charge is 2.27. The summed E-state index contributed by atoms with van der Waals surface area (Å²) in [6, 6.07) is 5.81. The summed E-state index contributed by atoms with van der Waals surface area (Å²) >= 11 is 0. The maximum Gasteiger partial charge on any atom is 0.211 e. The zero-order valence-electron chi connectivity index (χ0n) is 9.96. The molecule has 2 heterocycles. The average molecular weight is 242 g/mol. The van der Waals surface area contributed by atoms with E-state index in [0.717, 1.165) is 16.6 Å². The molecule has 0 amide bonds. The molecule has 2 aromatic rings. The lowest BCUT2D eigenvalue weighted by atomic mass is 10.1. The number of nitrogens with two attached hydrogens (primary N) is 2. The van der Waals surface area contributed by atoms with Gasteiger partial charge in [0.25, 0.3) is 0 Å². The number of nitrogens with one attached hydrogen (secondary N) is 1. The van der Waals surface area contributed by atoms with Crippen LogP contribution >= 0.6 is 0 Å². The fraction of sp³-hybridized carbons (Fsp3) is 0.167. The lowest BCUT2D eigenvalue weighted by Crippen LogP contribution is -2.49. The van der Waals surface area contributed by atoms with Gasteiger partial charge in [-0.2, -0.15) is 0 Å². The summed E-state index contributed by atoms with van der Waals surface area (Å²) in [6.07, 6.45) is 5.14. The number of hydrogen-bond donors (Lipinski definition) is 3. The number of rotatable bonds is 1. The van der Waals surface area contributed by atoms with Crippen molar-refractivity contribution in [2.75, 3.05) is 0 Å². The number of amidine groups is 1. The summed E-state index contributed by atoms with van der Waals surface area (Å²) in [7, 11) is 1.95. The second-order valence-corrected chi connectivity index (χ2v) is 4.34. The number of aliphatic imine (C=N–C) groups is 1. The third-order valence-corrected chi connectivity index (χ3v) is 3.03. The van der Waals surface area contributed by atoms with Crippen LogP contribution in [0.3, 0.4) is 0 Å². The Hall–Kier alpha value is -2.34. The number of aromatic nitrogens is 2. The van der Waals surface area contributed by atoms with Crippen LogP contribution in [0, 0.1) is 0 Å². The van der Waals surface area contributed by atoms with Crippen LogP contribution in [-0.2, 0) is 12.8 Å². The summed E-state index contributed by atoms with van der Waals surface area (Å²) < 4.78 is 1.95. The lowest BCUT2D eigenvalue weighted by molar-refractivity contribution is 0.410. The summed E-state index contributed by atoms with van der Waals surface area (Å²) in [5.74, 6) is -0.623. The molecule has 1 aromatic heterocycles. The van der Waals surface area contributed by atoms with E-state index in [1.54, 1.807) is 18.6 Å². The van der Waals surface area contributed by atoms with Crippen LogP contribution in [0.25, 0.3) is 11.0 Å². The van der Waals surface area contributed by atoms with Crippen LogP contribution < -0.4 is 16.8 Å². The summed E-state index contributed by atoms with van der Waals surface area (Å²) in [4.78, 5) is 8.54. The van der Waals surface area contributed by atoms with Gasteiger partial charge in [-0.15, -0.1) is 0 Å². The van der Waals surface area contributed by atoms with Gasteiger partial charge in [-0.1, -0.05) is 6.07 Å². The highest BCUT2D eigenvalue weighted by Crippen LogP contribution is 2.23. The van der Waals surface area contributed by atoms with E-state index >= 15 is 0 Å². The standard InChI is InChI=1S/C12H14N6/c1-18-7-15-9-6-8(2-3-10(9)18)12(14)16-5-4-11(13)17-12/h2-7,16H,14H2,1H3,(H2,13,17). The molecule has 0 spiro atoms. The fourth-order valence-corrected chi connectivity index (χ4v) is 2.05. The normalized spacial score (nSPS) is 22.9. The second-order valence-electron chi connectivity index (χ2n) is 4.34. The maximum absolute atomic E-state index is 6.20. The van der Waals surface area contributed by atoms with Crippen LogP contribution in [0.5, 0.6) is 0 Å². The van der Waals surface area contributed by atoms with Crippen molar-refractivity contribution in [2.45, 2.75) is 5.79 Å². The number of imidazole rings is 1. The molecule has 6 nitrogen and oxygen atoms in total. The van der Waals surface area contributed by atoms with Gasteiger partial charge in [-0.05, 0) is 18.2 Å². The Kier molecular flexibility index (Phi) is 2.14. The van der Waals surface area contributed by atoms with E-state index < -0.39 is 5.79 Å². The minimum atomic E-state index is -1.02. The molecule has 0 saturated carbocycles. The molecular formula is C12H14N6. The van der Waals surface area contributed by atoms with E-state index in [-0.39, 0.29) is 0 Å². The van der Waals surface area contributed by atoms with E-state index in [1.807, 2.05) is 29.8 Å². The molecule has 6 heteroatoms. The van der Waals surface area contributed by atoms with Gasteiger partial charge in [0.15, 0.2) is 0 Å². The molecule has 1 unspecified atom stereocenters. The minimum Gasteiger partial charge on any atom is -0.384 e. The molecule has 0 saturated heterocycles. The Morgan fingerprint density at radius 3 is 3.00 bits per heavy atom. The van der Waals surface area contributed by atoms with E-state index in [0.29, 0.717) is 5.84 Å². The molecule has 0 fully saturated rings. The van der Waals surface area contributed by atoms with E-state index in [2.05, 4.69) is 15.3 Å². The van der Waals surface area contributed by atoms with Crippen molar-refractivity contribution in [3.05, 3.63) is 42.4 Å².